The van der Waals surface area contributed by atoms with Crippen LogP contribution in [0.3, 0.4) is 0 Å². The fourth-order valence-corrected chi connectivity index (χ4v) is 1.75. The van der Waals surface area contributed by atoms with Gasteiger partial charge >= 0.3 is 0 Å². The number of ether oxygens (including phenoxy) is 1. The maximum Gasteiger partial charge on any atom is 0.252 e. The van der Waals surface area contributed by atoms with Crippen molar-refractivity contribution in [3.63, 3.8) is 0 Å². The van der Waals surface area contributed by atoms with Gasteiger partial charge in [-0.2, -0.15) is 0 Å². The lowest BCUT2D eigenvalue weighted by Gasteiger charge is -2.05. The van der Waals surface area contributed by atoms with E-state index in [1.807, 2.05) is 24.3 Å². The molecule has 1 aromatic carbocycles. The van der Waals surface area contributed by atoms with Crippen molar-refractivity contribution in [1.82, 2.24) is 10.3 Å². The highest BCUT2D eigenvalue weighted by molar-refractivity contribution is 9.10. The van der Waals surface area contributed by atoms with Crippen LogP contribution in [0.2, 0.25) is 0 Å². The number of nitrogens with zero attached hydrogens (tertiary/aromatic N) is 1. The lowest BCUT2D eigenvalue weighted by Crippen LogP contribution is -2.17. The lowest BCUT2D eigenvalue weighted by atomic mass is 10.3. The average Bonchev–Trinajstić information content (AvgIpc) is 2.39. The predicted molar refractivity (Wildman–Crippen MR) is 71.8 cm³/mol. The van der Waals surface area contributed by atoms with Gasteiger partial charge in [0.15, 0.2) is 0 Å². The number of benzene rings is 1. The monoisotopic (exact) mass is 306 g/mol. The van der Waals surface area contributed by atoms with E-state index in [1.165, 1.54) is 6.20 Å². The van der Waals surface area contributed by atoms with E-state index in [2.05, 4.69) is 26.2 Å². The van der Waals surface area contributed by atoms with Crippen molar-refractivity contribution < 1.29 is 9.53 Å². The molecular formula is C13H11BrN2O2. The average molecular weight is 307 g/mol. The molecule has 2 rings (SSSR count). The highest BCUT2D eigenvalue weighted by Crippen LogP contribution is 2.22. The number of hydrogen-bond donors (Lipinski definition) is 1. The van der Waals surface area contributed by atoms with Crippen LogP contribution in [0.4, 0.5) is 0 Å². The second-order valence-corrected chi connectivity index (χ2v) is 4.44. The molecule has 1 aromatic heterocycles. The summed E-state index contributed by atoms with van der Waals surface area (Å²) in [5, 5.41) is 2.53. The minimum absolute atomic E-state index is 0.170. The van der Waals surface area contributed by atoms with E-state index < -0.39 is 0 Å². The third-order valence-corrected chi connectivity index (χ3v) is 2.74. The molecular weight excluding hydrogens is 296 g/mol. The topological polar surface area (TPSA) is 51.2 Å². The number of hydrogen-bond acceptors (Lipinski definition) is 3. The van der Waals surface area contributed by atoms with Crippen LogP contribution in [-0.2, 0) is 0 Å². The Morgan fingerprint density at radius 1 is 1.33 bits per heavy atom. The summed E-state index contributed by atoms with van der Waals surface area (Å²) in [6, 6.07) is 10.8. The molecule has 0 bridgehead atoms. The Hall–Kier alpha value is -1.88. The van der Waals surface area contributed by atoms with Crippen molar-refractivity contribution in [2.45, 2.75) is 0 Å². The summed E-state index contributed by atoms with van der Waals surface area (Å²) < 4.78 is 6.49. The van der Waals surface area contributed by atoms with Crippen molar-refractivity contribution >= 4 is 21.8 Å². The fourth-order valence-electron chi connectivity index (χ4n) is 1.37. The van der Waals surface area contributed by atoms with Crippen molar-refractivity contribution in [2.24, 2.45) is 0 Å². The van der Waals surface area contributed by atoms with E-state index in [0.29, 0.717) is 17.2 Å². The first-order valence-corrected chi connectivity index (χ1v) is 6.10. The van der Waals surface area contributed by atoms with Gasteiger partial charge in [0.2, 0.25) is 5.88 Å². The molecule has 0 spiro atoms. The van der Waals surface area contributed by atoms with Gasteiger partial charge in [0, 0.05) is 23.8 Å². The Morgan fingerprint density at radius 2 is 2.17 bits per heavy atom. The van der Waals surface area contributed by atoms with Crippen LogP contribution in [0, 0.1) is 0 Å². The number of halogens is 1. The molecule has 1 amide bonds. The van der Waals surface area contributed by atoms with Gasteiger partial charge in [0.05, 0.1) is 5.56 Å². The number of amides is 1. The Bertz CT molecular complexity index is 555. The van der Waals surface area contributed by atoms with Crippen molar-refractivity contribution in [3.05, 3.63) is 52.6 Å². The largest absolute Gasteiger partial charge is 0.439 e. The standard InChI is InChI=1S/C13H11BrN2O2/c1-15-13(17)9-5-6-12(16-8-9)18-11-4-2-3-10(14)7-11/h2-8H,1H3,(H,15,17). The maximum absolute atomic E-state index is 11.3. The van der Waals surface area contributed by atoms with Gasteiger partial charge in [-0.05, 0) is 24.3 Å². The minimum atomic E-state index is -0.170. The number of carbonyl (C=O) groups excluding carboxylic acids is 1. The third kappa shape index (κ3) is 3.07. The molecule has 0 unspecified atom stereocenters. The molecule has 18 heavy (non-hydrogen) atoms. The molecule has 0 radical (unpaired) electrons. The van der Waals surface area contributed by atoms with Gasteiger partial charge in [0.25, 0.3) is 5.91 Å². The summed E-state index contributed by atoms with van der Waals surface area (Å²) in [5.41, 5.74) is 0.499. The highest BCUT2D eigenvalue weighted by atomic mass is 79.9. The van der Waals surface area contributed by atoms with E-state index in [-0.39, 0.29) is 5.91 Å². The van der Waals surface area contributed by atoms with Crippen LogP contribution >= 0.6 is 15.9 Å². The highest BCUT2D eigenvalue weighted by Gasteiger charge is 2.04. The fraction of sp³-hybridized carbons (Fsp3) is 0.0769. The number of pyridine rings is 1. The number of nitrogens with one attached hydrogen (secondary N) is 1. The van der Waals surface area contributed by atoms with Crippen LogP contribution < -0.4 is 10.1 Å². The van der Waals surface area contributed by atoms with Gasteiger partial charge in [-0.15, -0.1) is 0 Å². The molecule has 5 heteroatoms. The van der Waals surface area contributed by atoms with Gasteiger partial charge in [-0.25, -0.2) is 4.98 Å². The molecule has 0 saturated carbocycles. The lowest BCUT2D eigenvalue weighted by molar-refractivity contribution is 0.0962. The molecule has 0 atom stereocenters. The first-order chi connectivity index (χ1) is 8.69. The first-order valence-electron chi connectivity index (χ1n) is 5.30. The Kier molecular flexibility index (Phi) is 3.94. The van der Waals surface area contributed by atoms with Gasteiger partial charge in [-0.3, -0.25) is 4.79 Å². The molecule has 0 aliphatic heterocycles. The summed E-state index contributed by atoms with van der Waals surface area (Å²) in [4.78, 5) is 15.4. The SMILES string of the molecule is CNC(=O)c1ccc(Oc2cccc(Br)c2)nc1. The molecule has 1 heterocycles. The van der Waals surface area contributed by atoms with E-state index in [0.717, 1.165) is 4.47 Å². The van der Waals surface area contributed by atoms with Crippen LogP contribution in [-0.4, -0.2) is 17.9 Å². The van der Waals surface area contributed by atoms with E-state index in [4.69, 9.17) is 4.74 Å². The molecule has 0 saturated heterocycles. The van der Waals surface area contributed by atoms with Crippen LogP contribution in [0.15, 0.2) is 47.1 Å². The summed E-state index contributed by atoms with van der Waals surface area (Å²) >= 11 is 3.36. The Morgan fingerprint density at radius 3 is 2.78 bits per heavy atom. The second kappa shape index (κ2) is 5.64. The quantitative estimate of drug-likeness (QED) is 0.948. The second-order valence-electron chi connectivity index (χ2n) is 3.52. The van der Waals surface area contributed by atoms with E-state index in [9.17, 15) is 4.79 Å². The molecule has 0 aliphatic carbocycles. The van der Waals surface area contributed by atoms with Gasteiger partial charge < -0.3 is 10.1 Å². The number of rotatable bonds is 3. The number of carbonyl (C=O) groups is 1. The van der Waals surface area contributed by atoms with Crippen molar-refractivity contribution in [1.29, 1.82) is 0 Å². The summed E-state index contributed by atoms with van der Waals surface area (Å²) in [5.74, 6) is 0.960. The number of aromatic nitrogens is 1. The molecule has 92 valence electrons. The van der Waals surface area contributed by atoms with Crippen LogP contribution in [0.5, 0.6) is 11.6 Å². The van der Waals surface area contributed by atoms with Crippen LogP contribution in [0.25, 0.3) is 0 Å². The summed E-state index contributed by atoms with van der Waals surface area (Å²) in [6.07, 6.45) is 1.48. The minimum Gasteiger partial charge on any atom is -0.439 e. The Balaban J connectivity index is 2.13. The van der Waals surface area contributed by atoms with Gasteiger partial charge in [-0.1, -0.05) is 22.0 Å². The van der Waals surface area contributed by atoms with Crippen LogP contribution in [0.1, 0.15) is 10.4 Å². The smallest absolute Gasteiger partial charge is 0.252 e. The third-order valence-electron chi connectivity index (χ3n) is 2.24. The molecule has 0 fully saturated rings. The predicted octanol–water partition coefficient (Wildman–Crippen LogP) is 3.00. The molecule has 1 N–H and O–H groups in total. The Labute approximate surface area is 113 Å². The van der Waals surface area contributed by atoms with Gasteiger partial charge in [0.1, 0.15) is 5.75 Å². The molecule has 0 aliphatic rings. The molecule has 4 nitrogen and oxygen atoms in total. The van der Waals surface area contributed by atoms with Crippen molar-refractivity contribution in [3.8, 4) is 11.6 Å². The molecule has 2 aromatic rings. The van der Waals surface area contributed by atoms with E-state index >= 15 is 0 Å². The first kappa shape index (κ1) is 12.6. The maximum atomic E-state index is 11.3. The summed E-state index contributed by atoms with van der Waals surface area (Å²) in [7, 11) is 1.58. The zero-order valence-electron chi connectivity index (χ0n) is 9.68. The normalized spacial score (nSPS) is 9.89. The zero-order valence-corrected chi connectivity index (χ0v) is 11.3. The summed E-state index contributed by atoms with van der Waals surface area (Å²) in [6.45, 7) is 0. The van der Waals surface area contributed by atoms with Crippen molar-refractivity contribution in [2.75, 3.05) is 7.05 Å². The van der Waals surface area contributed by atoms with E-state index in [1.54, 1.807) is 19.2 Å². The zero-order chi connectivity index (χ0) is 13.0.